The Morgan fingerprint density at radius 3 is 2.71 bits per heavy atom. The van der Waals surface area contributed by atoms with Gasteiger partial charge in [0.2, 0.25) is 5.91 Å². The van der Waals surface area contributed by atoms with E-state index < -0.39 is 5.54 Å². The quantitative estimate of drug-likeness (QED) is 0.782. The Kier molecular flexibility index (Phi) is 3.31. The van der Waals surface area contributed by atoms with Crippen LogP contribution in [-0.4, -0.2) is 29.3 Å². The number of hydrogen-bond acceptors (Lipinski definition) is 4. The van der Waals surface area contributed by atoms with Crippen molar-refractivity contribution in [2.45, 2.75) is 38.5 Å². The van der Waals surface area contributed by atoms with Crippen LogP contribution in [0.25, 0.3) is 0 Å². The van der Waals surface area contributed by atoms with E-state index in [4.69, 9.17) is 15.6 Å². The molecule has 1 aliphatic carbocycles. The van der Waals surface area contributed by atoms with Crippen LogP contribution >= 0.6 is 0 Å². The Morgan fingerprint density at radius 2 is 2.10 bits per heavy atom. The van der Waals surface area contributed by atoms with E-state index in [1.807, 2.05) is 13.8 Å². The Hall–Kier alpha value is -1.43. The number of amides is 1. The minimum atomic E-state index is -0.899. The number of benzene rings is 1. The summed E-state index contributed by atoms with van der Waals surface area (Å²) >= 11 is 0. The summed E-state index contributed by atoms with van der Waals surface area (Å²) in [5.41, 5.74) is 6.71. The highest BCUT2D eigenvalue weighted by atomic mass is 16.5. The van der Waals surface area contributed by atoms with Crippen LogP contribution in [0.4, 0.5) is 5.69 Å². The second-order valence-corrected chi connectivity index (χ2v) is 6.59. The molecule has 1 heterocycles. The third-order valence-electron chi connectivity index (χ3n) is 5.22. The second kappa shape index (κ2) is 4.80. The summed E-state index contributed by atoms with van der Waals surface area (Å²) in [6.07, 6.45) is 0.909. The fraction of sp³-hybridized carbons (Fsp3) is 0.562. The van der Waals surface area contributed by atoms with Crippen LogP contribution < -0.4 is 11.1 Å². The zero-order chi connectivity index (χ0) is 15.3. The summed E-state index contributed by atoms with van der Waals surface area (Å²) in [6, 6.07) is 7.13. The van der Waals surface area contributed by atoms with Gasteiger partial charge in [-0.2, -0.15) is 0 Å². The van der Waals surface area contributed by atoms with Gasteiger partial charge in [-0.15, -0.1) is 0 Å². The third kappa shape index (κ3) is 1.92. The molecular formula is C16H22N2O3. The minimum Gasteiger partial charge on any atom is -0.392 e. The molecule has 3 unspecified atom stereocenters. The van der Waals surface area contributed by atoms with Gasteiger partial charge in [0.25, 0.3) is 0 Å². The molecule has 2 aliphatic rings. The molecule has 114 valence electrons. The molecule has 3 rings (SSSR count). The second-order valence-electron chi connectivity index (χ2n) is 6.59. The number of nitrogens with two attached hydrogens (primary N) is 1. The molecule has 1 saturated heterocycles. The maximum Gasteiger partial charge on any atom is 0.245 e. The SMILES string of the molecule is CC1(C)C2OCCC2C1(N)C(=O)Nc1ccc(CO)cc1. The normalized spacial score (nSPS) is 33.1. The first-order valence-electron chi connectivity index (χ1n) is 7.33. The molecule has 0 spiro atoms. The van der Waals surface area contributed by atoms with Crippen molar-refractivity contribution in [3.8, 4) is 0 Å². The average Bonchev–Trinajstić information content (AvgIpc) is 2.95. The lowest BCUT2D eigenvalue weighted by Gasteiger charge is -2.60. The topological polar surface area (TPSA) is 84.6 Å². The van der Waals surface area contributed by atoms with Crippen molar-refractivity contribution in [2.24, 2.45) is 17.1 Å². The van der Waals surface area contributed by atoms with E-state index in [2.05, 4.69) is 5.32 Å². The summed E-state index contributed by atoms with van der Waals surface area (Å²) in [7, 11) is 0. The van der Waals surface area contributed by atoms with Gasteiger partial charge in [-0.05, 0) is 24.1 Å². The summed E-state index contributed by atoms with van der Waals surface area (Å²) < 4.78 is 5.71. The van der Waals surface area contributed by atoms with Gasteiger partial charge in [-0.1, -0.05) is 26.0 Å². The van der Waals surface area contributed by atoms with Crippen molar-refractivity contribution in [2.75, 3.05) is 11.9 Å². The van der Waals surface area contributed by atoms with Gasteiger partial charge in [0, 0.05) is 23.6 Å². The average molecular weight is 290 g/mol. The zero-order valence-electron chi connectivity index (χ0n) is 12.4. The Morgan fingerprint density at radius 1 is 1.43 bits per heavy atom. The van der Waals surface area contributed by atoms with Gasteiger partial charge in [0.15, 0.2) is 0 Å². The predicted octanol–water partition coefficient (Wildman–Crippen LogP) is 1.26. The number of nitrogens with one attached hydrogen (secondary N) is 1. The van der Waals surface area contributed by atoms with Crippen molar-refractivity contribution < 1.29 is 14.6 Å². The molecule has 1 aliphatic heterocycles. The van der Waals surface area contributed by atoms with E-state index >= 15 is 0 Å². The third-order valence-corrected chi connectivity index (χ3v) is 5.22. The highest BCUT2D eigenvalue weighted by molar-refractivity contribution is 6.00. The van der Waals surface area contributed by atoms with Crippen LogP contribution in [0.3, 0.4) is 0 Å². The number of carbonyl (C=O) groups is 1. The highest BCUT2D eigenvalue weighted by Crippen LogP contribution is 2.58. The van der Waals surface area contributed by atoms with E-state index in [0.717, 1.165) is 12.0 Å². The van der Waals surface area contributed by atoms with Crippen molar-refractivity contribution in [1.29, 1.82) is 0 Å². The Balaban J connectivity index is 1.78. The van der Waals surface area contributed by atoms with Gasteiger partial charge >= 0.3 is 0 Å². The van der Waals surface area contributed by atoms with Crippen LogP contribution in [0.2, 0.25) is 0 Å². The van der Waals surface area contributed by atoms with Gasteiger partial charge in [-0.3, -0.25) is 4.79 Å². The summed E-state index contributed by atoms with van der Waals surface area (Å²) in [6.45, 7) is 4.65. The molecule has 5 nitrogen and oxygen atoms in total. The molecule has 4 N–H and O–H groups in total. The fourth-order valence-electron chi connectivity index (χ4n) is 3.77. The summed E-state index contributed by atoms with van der Waals surface area (Å²) in [4.78, 5) is 12.7. The van der Waals surface area contributed by atoms with Gasteiger partial charge in [0.1, 0.15) is 5.54 Å². The van der Waals surface area contributed by atoms with Gasteiger partial charge in [0.05, 0.1) is 12.7 Å². The van der Waals surface area contributed by atoms with E-state index in [1.54, 1.807) is 24.3 Å². The molecule has 5 heteroatoms. The number of ether oxygens (including phenoxy) is 1. The number of anilines is 1. The minimum absolute atomic E-state index is 0.0107. The van der Waals surface area contributed by atoms with E-state index in [-0.39, 0.29) is 30.0 Å². The van der Waals surface area contributed by atoms with Crippen molar-refractivity contribution in [1.82, 2.24) is 0 Å². The first-order chi connectivity index (χ1) is 9.91. The van der Waals surface area contributed by atoms with Crippen molar-refractivity contribution >= 4 is 11.6 Å². The molecule has 3 atom stereocenters. The number of aliphatic hydroxyl groups excluding tert-OH is 1. The lowest BCUT2D eigenvalue weighted by molar-refractivity contribution is -0.170. The summed E-state index contributed by atoms with van der Waals surface area (Å²) in [5.74, 6) is -0.0692. The molecular weight excluding hydrogens is 268 g/mol. The molecule has 21 heavy (non-hydrogen) atoms. The molecule has 0 aromatic heterocycles. The Bertz CT molecular complexity index is 555. The van der Waals surface area contributed by atoms with Crippen LogP contribution in [0.15, 0.2) is 24.3 Å². The first kappa shape index (κ1) is 14.5. The number of fused-ring (bicyclic) bond motifs is 1. The number of carbonyl (C=O) groups excluding carboxylic acids is 1. The molecule has 0 bridgehead atoms. The lowest BCUT2D eigenvalue weighted by atomic mass is 9.48. The molecule has 2 fully saturated rings. The number of rotatable bonds is 3. The number of hydrogen-bond donors (Lipinski definition) is 3. The van der Waals surface area contributed by atoms with E-state index in [0.29, 0.717) is 12.3 Å². The van der Waals surface area contributed by atoms with Crippen LogP contribution in [0, 0.1) is 11.3 Å². The molecule has 0 radical (unpaired) electrons. The number of aliphatic hydroxyl groups is 1. The maximum absolute atomic E-state index is 12.7. The molecule has 1 aromatic carbocycles. The van der Waals surface area contributed by atoms with Crippen molar-refractivity contribution in [3.63, 3.8) is 0 Å². The Labute approximate surface area is 124 Å². The highest BCUT2D eigenvalue weighted by Gasteiger charge is 2.71. The lowest BCUT2D eigenvalue weighted by Crippen LogP contribution is -2.79. The van der Waals surface area contributed by atoms with Gasteiger partial charge < -0.3 is 20.9 Å². The predicted molar refractivity (Wildman–Crippen MR) is 79.5 cm³/mol. The van der Waals surface area contributed by atoms with Crippen molar-refractivity contribution in [3.05, 3.63) is 29.8 Å². The first-order valence-corrected chi connectivity index (χ1v) is 7.33. The molecule has 1 aromatic rings. The van der Waals surface area contributed by atoms with Gasteiger partial charge in [-0.25, -0.2) is 0 Å². The molecule has 1 saturated carbocycles. The van der Waals surface area contributed by atoms with Crippen LogP contribution in [0.1, 0.15) is 25.8 Å². The smallest absolute Gasteiger partial charge is 0.245 e. The van der Waals surface area contributed by atoms with E-state index in [1.165, 1.54) is 0 Å². The van der Waals surface area contributed by atoms with E-state index in [9.17, 15) is 4.79 Å². The van der Waals surface area contributed by atoms with Crippen LogP contribution in [-0.2, 0) is 16.1 Å². The maximum atomic E-state index is 12.7. The fourth-order valence-corrected chi connectivity index (χ4v) is 3.77. The standard InChI is InChI=1S/C16H22N2O3/c1-15(2)13-12(7-8-21-13)16(15,17)14(20)18-11-5-3-10(9-19)4-6-11/h3-6,12-13,19H,7-9,17H2,1-2H3,(H,18,20). The summed E-state index contributed by atoms with van der Waals surface area (Å²) in [5, 5.41) is 11.9. The molecule has 1 amide bonds. The zero-order valence-corrected chi connectivity index (χ0v) is 12.4. The van der Waals surface area contributed by atoms with Crippen LogP contribution in [0.5, 0.6) is 0 Å². The monoisotopic (exact) mass is 290 g/mol. The largest absolute Gasteiger partial charge is 0.392 e.